The highest BCUT2D eigenvalue weighted by Crippen LogP contribution is 2.25. The summed E-state index contributed by atoms with van der Waals surface area (Å²) < 4.78 is 18.6. The zero-order chi connectivity index (χ0) is 13.9. The summed E-state index contributed by atoms with van der Waals surface area (Å²) in [4.78, 5) is 0. The van der Waals surface area contributed by atoms with Crippen LogP contribution in [0.4, 0.5) is 4.39 Å². The van der Waals surface area contributed by atoms with Crippen molar-refractivity contribution in [1.29, 1.82) is 0 Å². The first kappa shape index (κ1) is 13.6. The second kappa shape index (κ2) is 5.41. The lowest BCUT2D eigenvalue weighted by Gasteiger charge is -2.25. The molecule has 100 valence electrons. The maximum absolute atomic E-state index is 13.7. The van der Waals surface area contributed by atoms with Gasteiger partial charge in [0.15, 0.2) is 11.6 Å². The Morgan fingerprint density at radius 2 is 1.84 bits per heavy atom. The minimum absolute atomic E-state index is 0.252. The minimum atomic E-state index is -0.526. The molecule has 0 bridgehead atoms. The zero-order valence-corrected chi connectivity index (χ0v) is 11.2. The molecule has 0 aliphatic rings. The highest BCUT2D eigenvalue weighted by Gasteiger charge is 2.21. The molecule has 0 spiro atoms. The van der Waals surface area contributed by atoms with Gasteiger partial charge in [0.25, 0.3) is 0 Å². The van der Waals surface area contributed by atoms with E-state index in [2.05, 4.69) is 0 Å². The third kappa shape index (κ3) is 3.12. The fraction of sp³-hybridized carbons (Fsp3) is 0.250. The molecule has 0 saturated heterocycles. The molecule has 0 amide bonds. The largest absolute Gasteiger partial charge is 0.494 e. The SMILES string of the molecule is COc1ccc(CC(C)(N)c2ccccc2)cc1F. The summed E-state index contributed by atoms with van der Waals surface area (Å²) in [5, 5.41) is 0. The van der Waals surface area contributed by atoms with Crippen LogP contribution in [0, 0.1) is 5.82 Å². The van der Waals surface area contributed by atoms with Gasteiger partial charge in [0.2, 0.25) is 0 Å². The number of nitrogens with two attached hydrogens (primary N) is 1. The Morgan fingerprint density at radius 1 is 1.16 bits per heavy atom. The highest BCUT2D eigenvalue weighted by molar-refractivity contribution is 5.32. The molecule has 2 aromatic carbocycles. The first-order chi connectivity index (χ1) is 9.03. The van der Waals surface area contributed by atoms with Gasteiger partial charge in [-0.05, 0) is 36.6 Å². The molecular weight excluding hydrogens is 241 g/mol. The van der Waals surface area contributed by atoms with Gasteiger partial charge in [-0.15, -0.1) is 0 Å². The maximum Gasteiger partial charge on any atom is 0.165 e. The van der Waals surface area contributed by atoms with Crippen molar-refractivity contribution in [3.8, 4) is 5.75 Å². The molecule has 2 aromatic rings. The van der Waals surface area contributed by atoms with Crippen LogP contribution in [-0.2, 0) is 12.0 Å². The standard InChI is InChI=1S/C16H18FNO/c1-16(18,13-6-4-3-5-7-13)11-12-8-9-15(19-2)14(17)10-12/h3-10H,11,18H2,1-2H3. The molecule has 2 N–H and O–H groups in total. The van der Waals surface area contributed by atoms with Crippen molar-refractivity contribution in [3.63, 3.8) is 0 Å². The Balaban J connectivity index is 2.23. The normalized spacial score (nSPS) is 13.9. The van der Waals surface area contributed by atoms with Crippen molar-refractivity contribution in [2.45, 2.75) is 18.9 Å². The van der Waals surface area contributed by atoms with E-state index in [-0.39, 0.29) is 11.6 Å². The molecule has 0 radical (unpaired) electrons. The van der Waals surface area contributed by atoms with Crippen molar-refractivity contribution in [1.82, 2.24) is 0 Å². The van der Waals surface area contributed by atoms with Gasteiger partial charge >= 0.3 is 0 Å². The van der Waals surface area contributed by atoms with Crippen molar-refractivity contribution in [3.05, 3.63) is 65.5 Å². The van der Waals surface area contributed by atoms with Crippen LogP contribution in [0.2, 0.25) is 0 Å². The summed E-state index contributed by atoms with van der Waals surface area (Å²) >= 11 is 0. The Hall–Kier alpha value is -1.87. The van der Waals surface area contributed by atoms with Crippen LogP contribution in [0.25, 0.3) is 0 Å². The fourth-order valence-electron chi connectivity index (χ4n) is 2.16. The molecule has 0 fully saturated rings. The number of rotatable bonds is 4. The summed E-state index contributed by atoms with van der Waals surface area (Å²) in [6, 6.07) is 14.8. The fourth-order valence-corrected chi connectivity index (χ4v) is 2.16. The Labute approximate surface area is 113 Å². The van der Waals surface area contributed by atoms with Gasteiger partial charge in [-0.25, -0.2) is 4.39 Å². The second-order valence-corrected chi connectivity index (χ2v) is 4.93. The summed E-state index contributed by atoms with van der Waals surface area (Å²) in [6.45, 7) is 1.95. The highest BCUT2D eigenvalue weighted by atomic mass is 19.1. The van der Waals surface area contributed by atoms with Crippen LogP contribution in [0.1, 0.15) is 18.1 Å². The molecule has 0 heterocycles. The molecule has 0 aliphatic heterocycles. The van der Waals surface area contributed by atoms with E-state index in [1.165, 1.54) is 13.2 Å². The molecule has 2 rings (SSSR count). The van der Waals surface area contributed by atoms with Gasteiger partial charge in [0.1, 0.15) is 0 Å². The summed E-state index contributed by atoms with van der Waals surface area (Å²) in [5.41, 5.74) is 7.70. The van der Waals surface area contributed by atoms with E-state index in [1.807, 2.05) is 43.3 Å². The van der Waals surface area contributed by atoms with Crippen molar-refractivity contribution >= 4 is 0 Å². The topological polar surface area (TPSA) is 35.2 Å². The smallest absolute Gasteiger partial charge is 0.165 e. The lowest BCUT2D eigenvalue weighted by atomic mass is 9.86. The third-order valence-electron chi connectivity index (χ3n) is 3.22. The summed E-state index contributed by atoms with van der Waals surface area (Å²) in [6.07, 6.45) is 0.567. The van der Waals surface area contributed by atoms with Crippen molar-refractivity contribution in [2.75, 3.05) is 7.11 Å². The maximum atomic E-state index is 13.7. The van der Waals surface area contributed by atoms with E-state index in [4.69, 9.17) is 10.5 Å². The van der Waals surface area contributed by atoms with E-state index < -0.39 is 5.54 Å². The first-order valence-electron chi connectivity index (χ1n) is 6.20. The van der Waals surface area contributed by atoms with Crippen LogP contribution in [0.3, 0.4) is 0 Å². The van der Waals surface area contributed by atoms with E-state index in [0.717, 1.165) is 11.1 Å². The third-order valence-corrected chi connectivity index (χ3v) is 3.22. The van der Waals surface area contributed by atoms with Crippen molar-refractivity contribution < 1.29 is 9.13 Å². The van der Waals surface area contributed by atoms with E-state index in [0.29, 0.717) is 6.42 Å². The van der Waals surface area contributed by atoms with Gasteiger partial charge < -0.3 is 10.5 Å². The first-order valence-corrected chi connectivity index (χ1v) is 6.20. The number of benzene rings is 2. The van der Waals surface area contributed by atoms with Gasteiger partial charge in [-0.3, -0.25) is 0 Å². The minimum Gasteiger partial charge on any atom is -0.494 e. The molecule has 0 aliphatic carbocycles. The van der Waals surface area contributed by atoms with Crippen LogP contribution in [-0.4, -0.2) is 7.11 Å². The predicted octanol–water partition coefficient (Wildman–Crippen LogP) is 3.25. The summed E-state index contributed by atoms with van der Waals surface area (Å²) in [7, 11) is 1.45. The number of hydrogen-bond acceptors (Lipinski definition) is 2. The molecule has 19 heavy (non-hydrogen) atoms. The monoisotopic (exact) mass is 259 g/mol. The average molecular weight is 259 g/mol. The number of hydrogen-bond donors (Lipinski definition) is 1. The Bertz CT molecular complexity index is 552. The van der Waals surface area contributed by atoms with E-state index in [9.17, 15) is 4.39 Å². The van der Waals surface area contributed by atoms with Crippen molar-refractivity contribution in [2.24, 2.45) is 5.73 Å². The Kier molecular flexibility index (Phi) is 3.86. The molecule has 0 saturated carbocycles. The van der Waals surface area contributed by atoms with Gasteiger partial charge in [-0.1, -0.05) is 36.4 Å². The lowest BCUT2D eigenvalue weighted by molar-refractivity contribution is 0.385. The zero-order valence-electron chi connectivity index (χ0n) is 11.2. The summed E-state index contributed by atoms with van der Waals surface area (Å²) in [5.74, 6) is -0.106. The quantitative estimate of drug-likeness (QED) is 0.914. The molecule has 0 aromatic heterocycles. The van der Waals surface area contributed by atoms with Gasteiger partial charge in [0, 0.05) is 5.54 Å². The van der Waals surface area contributed by atoms with Crippen LogP contribution < -0.4 is 10.5 Å². The van der Waals surface area contributed by atoms with Crippen LogP contribution in [0.15, 0.2) is 48.5 Å². The van der Waals surface area contributed by atoms with Crippen LogP contribution in [0.5, 0.6) is 5.75 Å². The number of ether oxygens (including phenoxy) is 1. The molecule has 1 atom stereocenters. The van der Waals surface area contributed by atoms with Gasteiger partial charge in [0.05, 0.1) is 7.11 Å². The lowest BCUT2D eigenvalue weighted by Crippen LogP contribution is -2.35. The molecule has 2 nitrogen and oxygen atoms in total. The van der Waals surface area contributed by atoms with E-state index >= 15 is 0 Å². The number of halogens is 1. The predicted molar refractivity (Wildman–Crippen MR) is 74.6 cm³/mol. The molecule has 3 heteroatoms. The Morgan fingerprint density at radius 3 is 2.42 bits per heavy atom. The second-order valence-electron chi connectivity index (χ2n) is 4.93. The van der Waals surface area contributed by atoms with E-state index in [1.54, 1.807) is 6.07 Å². The van der Waals surface area contributed by atoms with Gasteiger partial charge in [-0.2, -0.15) is 0 Å². The van der Waals surface area contributed by atoms with Crippen LogP contribution >= 0.6 is 0 Å². The molecular formula is C16H18FNO. The number of methoxy groups -OCH3 is 1. The molecule has 1 unspecified atom stereocenters. The average Bonchev–Trinajstić information content (AvgIpc) is 2.39.